The first-order valence-electron chi connectivity index (χ1n) is 11.7. The van der Waals surface area contributed by atoms with Crippen LogP contribution < -0.4 is 16.4 Å². The highest BCUT2D eigenvalue weighted by atomic mass is 35.5. The molecule has 0 spiro atoms. The number of aromatic nitrogens is 2. The summed E-state index contributed by atoms with van der Waals surface area (Å²) in [4.78, 5) is 35.4. The number of amides is 2. The number of morpholine rings is 1. The van der Waals surface area contributed by atoms with Gasteiger partial charge in [-0.25, -0.2) is 0 Å². The lowest BCUT2D eigenvalue weighted by atomic mass is 10.0. The number of H-pyrrole nitrogens is 1. The molecular formula is C25H33ClN6O3. The van der Waals surface area contributed by atoms with Crippen LogP contribution in [0, 0.1) is 0 Å². The zero-order valence-corrected chi connectivity index (χ0v) is 21.5. The monoisotopic (exact) mass is 500 g/mol. The minimum Gasteiger partial charge on any atom is -0.372 e. The predicted molar refractivity (Wildman–Crippen MR) is 139 cm³/mol. The summed E-state index contributed by atoms with van der Waals surface area (Å²) in [7, 11) is 0. The summed E-state index contributed by atoms with van der Waals surface area (Å²) < 4.78 is 5.99. The summed E-state index contributed by atoms with van der Waals surface area (Å²) in [5.41, 5.74) is 6.73. The molecule has 2 aromatic heterocycles. The number of nitrogens with zero attached hydrogens (tertiary/aromatic N) is 2. The number of ether oxygens (including phenoxy) is 1. The molecule has 4 rings (SSSR count). The predicted octanol–water partition coefficient (Wildman–Crippen LogP) is 3.03. The first-order chi connectivity index (χ1) is 16.3. The minimum atomic E-state index is -0.984. The van der Waals surface area contributed by atoms with Gasteiger partial charge < -0.3 is 26.1 Å². The maximum atomic E-state index is 13.5. The number of nitrogens with one attached hydrogen (secondary N) is 3. The molecule has 3 heterocycles. The van der Waals surface area contributed by atoms with E-state index in [0.717, 1.165) is 21.8 Å². The summed E-state index contributed by atoms with van der Waals surface area (Å²) in [5, 5.41) is 8.39. The standard InChI is InChI=1S/C25H33ClN6O3/c1-14(29-23(34)25(4,5)27)11-32-13-24(2,3)35-12-20(32)22(33)31-18-9-15(26)8-17-16-6-7-28-10-19(16)30-21(17)18/h6-10,14,20,30H,11-13,27H2,1-5H3,(H,29,34)(H,31,33)/t14-,20-/m0/s1. The van der Waals surface area contributed by atoms with Crippen molar-refractivity contribution in [2.75, 3.05) is 25.0 Å². The topological polar surface area (TPSA) is 125 Å². The van der Waals surface area contributed by atoms with Crippen LogP contribution in [-0.4, -0.2) is 69.6 Å². The number of anilines is 1. The lowest BCUT2D eigenvalue weighted by molar-refractivity contribution is -0.144. The Morgan fingerprint density at radius 3 is 2.83 bits per heavy atom. The molecule has 5 N–H and O–H groups in total. The number of pyridine rings is 1. The summed E-state index contributed by atoms with van der Waals surface area (Å²) in [6, 6.07) is 4.75. The van der Waals surface area contributed by atoms with Gasteiger partial charge in [0.1, 0.15) is 6.04 Å². The van der Waals surface area contributed by atoms with Gasteiger partial charge in [-0.05, 0) is 52.8 Å². The Labute approximate surface area is 209 Å². The molecule has 0 saturated carbocycles. The molecule has 35 heavy (non-hydrogen) atoms. The van der Waals surface area contributed by atoms with Gasteiger partial charge in [0.15, 0.2) is 0 Å². The Hall–Kier alpha value is -2.72. The number of hydrogen-bond donors (Lipinski definition) is 4. The smallest absolute Gasteiger partial charge is 0.244 e. The van der Waals surface area contributed by atoms with Crippen LogP contribution in [0.5, 0.6) is 0 Å². The highest BCUT2D eigenvalue weighted by Gasteiger charge is 2.38. The Morgan fingerprint density at radius 1 is 1.37 bits per heavy atom. The zero-order valence-electron chi connectivity index (χ0n) is 20.7. The average Bonchev–Trinajstić information content (AvgIpc) is 3.11. The molecule has 1 saturated heterocycles. The number of aromatic amines is 1. The number of carbonyl (C=O) groups excluding carboxylic acids is 2. The fourth-order valence-corrected chi connectivity index (χ4v) is 4.65. The molecule has 10 heteroatoms. The molecular weight excluding hydrogens is 468 g/mol. The van der Waals surface area contributed by atoms with Crippen molar-refractivity contribution < 1.29 is 14.3 Å². The Kier molecular flexibility index (Phi) is 6.80. The van der Waals surface area contributed by atoms with Gasteiger partial charge in [-0.15, -0.1) is 0 Å². The molecule has 0 bridgehead atoms. The second-order valence-corrected chi connectivity index (χ2v) is 11.0. The number of carbonyl (C=O) groups is 2. The third kappa shape index (κ3) is 5.59. The molecule has 188 valence electrons. The maximum Gasteiger partial charge on any atom is 0.244 e. The maximum absolute atomic E-state index is 13.5. The molecule has 3 aromatic rings. The summed E-state index contributed by atoms with van der Waals surface area (Å²) in [6.45, 7) is 10.4. The van der Waals surface area contributed by atoms with Crippen LogP contribution in [0.1, 0.15) is 34.6 Å². The van der Waals surface area contributed by atoms with Crippen molar-refractivity contribution >= 4 is 50.9 Å². The molecule has 2 amide bonds. The molecule has 1 aliphatic heterocycles. The van der Waals surface area contributed by atoms with Crippen LogP contribution in [0.3, 0.4) is 0 Å². The molecule has 2 atom stereocenters. The molecule has 0 aliphatic carbocycles. The van der Waals surface area contributed by atoms with E-state index >= 15 is 0 Å². The molecule has 0 unspecified atom stereocenters. The Balaban J connectivity index is 1.57. The van der Waals surface area contributed by atoms with E-state index in [9.17, 15) is 9.59 Å². The fraction of sp³-hybridized carbons (Fsp3) is 0.480. The van der Waals surface area contributed by atoms with Crippen LogP contribution >= 0.6 is 11.6 Å². The first-order valence-corrected chi connectivity index (χ1v) is 12.1. The molecule has 0 radical (unpaired) electrons. The lowest BCUT2D eigenvalue weighted by Gasteiger charge is -2.44. The summed E-state index contributed by atoms with van der Waals surface area (Å²) >= 11 is 6.40. The zero-order chi connectivity index (χ0) is 25.5. The minimum absolute atomic E-state index is 0.210. The van der Waals surface area contributed by atoms with Crippen LogP contribution in [-0.2, 0) is 14.3 Å². The Bertz CT molecular complexity index is 1270. The molecule has 1 fully saturated rings. The van der Waals surface area contributed by atoms with Gasteiger partial charge in [-0.3, -0.25) is 19.5 Å². The van der Waals surface area contributed by atoms with Gasteiger partial charge >= 0.3 is 0 Å². The van der Waals surface area contributed by atoms with E-state index in [1.165, 1.54) is 0 Å². The van der Waals surface area contributed by atoms with Gasteiger partial charge in [-0.2, -0.15) is 0 Å². The van der Waals surface area contributed by atoms with Gasteiger partial charge in [0.05, 0.1) is 40.7 Å². The van der Waals surface area contributed by atoms with E-state index in [4.69, 9.17) is 22.1 Å². The number of halogens is 1. The SMILES string of the molecule is C[C@@H](CN1CC(C)(C)OC[C@H]1C(=O)Nc1cc(Cl)cc2c1[nH]c1cnccc12)NC(=O)C(C)(C)N. The van der Waals surface area contributed by atoms with Crippen LogP contribution in [0.15, 0.2) is 30.6 Å². The summed E-state index contributed by atoms with van der Waals surface area (Å²) in [6.07, 6.45) is 3.46. The quantitative estimate of drug-likeness (QED) is 0.412. The highest BCUT2D eigenvalue weighted by Crippen LogP contribution is 2.33. The molecule has 1 aliphatic rings. The van der Waals surface area contributed by atoms with E-state index in [0.29, 0.717) is 23.8 Å². The fourth-order valence-electron chi connectivity index (χ4n) is 4.43. The van der Waals surface area contributed by atoms with Crippen molar-refractivity contribution in [3.63, 3.8) is 0 Å². The van der Waals surface area contributed by atoms with E-state index in [2.05, 4.69) is 20.6 Å². The van der Waals surface area contributed by atoms with Crippen LogP contribution in [0.25, 0.3) is 21.8 Å². The molecule has 1 aromatic carbocycles. The Morgan fingerprint density at radius 2 is 2.11 bits per heavy atom. The second kappa shape index (κ2) is 9.39. The first kappa shape index (κ1) is 25.4. The number of fused-ring (bicyclic) bond motifs is 3. The number of benzene rings is 1. The number of hydrogen-bond acceptors (Lipinski definition) is 6. The largest absolute Gasteiger partial charge is 0.372 e. The van der Waals surface area contributed by atoms with Crippen molar-refractivity contribution in [1.82, 2.24) is 20.2 Å². The van der Waals surface area contributed by atoms with Crippen molar-refractivity contribution in [3.8, 4) is 0 Å². The molecule has 9 nitrogen and oxygen atoms in total. The number of nitrogens with two attached hydrogens (primary N) is 1. The third-order valence-electron chi connectivity index (χ3n) is 6.16. The van der Waals surface area contributed by atoms with Gasteiger partial charge in [-0.1, -0.05) is 11.6 Å². The van der Waals surface area contributed by atoms with E-state index in [-0.39, 0.29) is 24.5 Å². The summed E-state index contributed by atoms with van der Waals surface area (Å²) in [5.74, 6) is -0.452. The van der Waals surface area contributed by atoms with Crippen molar-refractivity contribution in [1.29, 1.82) is 0 Å². The number of rotatable bonds is 6. The van der Waals surface area contributed by atoms with Gasteiger partial charge in [0, 0.05) is 41.1 Å². The van der Waals surface area contributed by atoms with E-state index < -0.39 is 17.2 Å². The van der Waals surface area contributed by atoms with E-state index in [1.54, 1.807) is 32.3 Å². The van der Waals surface area contributed by atoms with Gasteiger partial charge in [0.25, 0.3) is 0 Å². The van der Waals surface area contributed by atoms with Crippen molar-refractivity contribution in [2.24, 2.45) is 5.73 Å². The van der Waals surface area contributed by atoms with E-state index in [1.807, 2.05) is 37.8 Å². The normalized spacial score (nSPS) is 19.6. The highest BCUT2D eigenvalue weighted by molar-refractivity contribution is 6.33. The van der Waals surface area contributed by atoms with Crippen molar-refractivity contribution in [3.05, 3.63) is 35.6 Å². The third-order valence-corrected chi connectivity index (χ3v) is 6.38. The second-order valence-electron chi connectivity index (χ2n) is 10.5. The van der Waals surface area contributed by atoms with Crippen LogP contribution in [0.2, 0.25) is 5.02 Å². The van der Waals surface area contributed by atoms with Crippen LogP contribution in [0.4, 0.5) is 5.69 Å². The lowest BCUT2D eigenvalue weighted by Crippen LogP contribution is -2.61. The van der Waals surface area contributed by atoms with Gasteiger partial charge in [0.2, 0.25) is 11.8 Å². The van der Waals surface area contributed by atoms with Crippen molar-refractivity contribution in [2.45, 2.75) is 57.8 Å². The average molecular weight is 501 g/mol.